The third-order valence-corrected chi connectivity index (χ3v) is 3.42. The van der Waals surface area contributed by atoms with Crippen LogP contribution < -0.4 is 15.4 Å². The number of carbonyl (C=O) groups excluding carboxylic acids is 1. The predicted molar refractivity (Wildman–Crippen MR) is 79.0 cm³/mol. The predicted octanol–water partition coefficient (Wildman–Crippen LogP) is 2.85. The van der Waals surface area contributed by atoms with Crippen LogP contribution in [0.1, 0.15) is 5.56 Å². The molecule has 3 rings (SSSR count). The van der Waals surface area contributed by atoms with Gasteiger partial charge in [0.2, 0.25) is 0 Å². The van der Waals surface area contributed by atoms with Crippen LogP contribution in [0.25, 0.3) is 0 Å². The highest BCUT2D eigenvalue weighted by Crippen LogP contribution is 2.37. The van der Waals surface area contributed by atoms with Crippen LogP contribution in [0, 0.1) is 0 Å². The molecule has 102 valence electrons. The lowest BCUT2D eigenvalue weighted by molar-refractivity contribution is -0.121. The van der Waals surface area contributed by atoms with Crippen molar-refractivity contribution in [2.45, 2.75) is 6.54 Å². The van der Waals surface area contributed by atoms with Crippen LogP contribution in [0.3, 0.4) is 0 Å². The molecular weight excluding hydrogens is 276 g/mol. The Morgan fingerprint density at radius 1 is 1.25 bits per heavy atom. The summed E-state index contributed by atoms with van der Waals surface area (Å²) in [6.45, 7) is 0.445. The number of nitrogen functional groups attached to an aromatic ring is 1. The molecular formula is C15H13ClN2O2. The van der Waals surface area contributed by atoms with E-state index in [2.05, 4.69) is 0 Å². The van der Waals surface area contributed by atoms with E-state index >= 15 is 0 Å². The standard InChI is InChI=1S/C15H13ClN2O2/c16-11-4-1-3-10(7-11)8-18-13-6-2-5-12(17)15(13)20-9-14(18)19/h1-7H,8-9,17H2. The normalized spacial score (nSPS) is 13.8. The lowest BCUT2D eigenvalue weighted by atomic mass is 10.1. The van der Waals surface area contributed by atoms with Gasteiger partial charge in [0.05, 0.1) is 17.9 Å². The van der Waals surface area contributed by atoms with Crippen molar-refractivity contribution in [3.05, 3.63) is 53.1 Å². The maximum absolute atomic E-state index is 12.1. The van der Waals surface area contributed by atoms with Gasteiger partial charge in [-0.3, -0.25) is 4.79 Å². The van der Waals surface area contributed by atoms with E-state index in [-0.39, 0.29) is 12.5 Å². The number of amides is 1. The average Bonchev–Trinajstić information content (AvgIpc) is 2.42. The van der Waals surface area contributed by atoms with E-state index in [1.807, 2.05) is 24.3 Å². The molecule has 0 atom stereocenters. The molecule has 0 saturated carbocycles. The van der Waals surface area contributed by atoms with Gasteiger partial charge in [-0.05, 0) is 29.8 Å². The summed E-state index contributed by atoms with van der Waals surface area (Å²) in [7, 11) is 0. The van der Waals surface area contributed by atoms with Crippen molar-refractivity contribution in [3.8, 4) is 5.75 Å². The van der Waals surface area contributed by atoms with Gasteiger partial charge in [0.25, 0.3) is 5.91 Å². The Kier molecular flexibility index (Phi) is 3.24. The highest BCUT2D eigenvalue weighted by molar-refractivity contribution is 6.30. The Hall–Kier alpha value is -2.20. The average molecular weight is 289 g/mol. The third kappa shape index (κ3) is 2.30. The van der Waals surface area contributed by atoms with Gasteiger partial charge in [-0.25, -0.2) is 0 Å². The Balaban J connectivity index is 1.97. The monoisotopic (exact) mass is 288 g/mol. The summed E-state index contributed by atoms with van der Waals surface area (Å²) < 4.78 is 5.42. The summed E-state index contributed by atoms with van der Waals surface area (Å²) in [6.07, 6.45) is 0. The molecule has 2 aromatic carbocycles. The van der Waals surface area contributed by atoms with E-state index < -0.39 is 0 Å². The minimum atomic E-state index is -0.0944. The van der Waals surface area contributed by atoms with E-state index in [4.69, 9.17) is 22.1 Å². The van der Waals surface area contributed by atoms with Gasteiger partial charge in [0, 0.05) is 5.02 Å². The van der Waals surface area contributed by atoms with Crippen molar-refractivity contribution in [1.29, 1.82) is 0 Å². The highest BCUT2D eigenvalue weighted by Gasteiger charge is 2.26. The number of carbonyl (C=O) groups is 1. The molecule has 0 bridgehead atoms. The number of nitrogens with two attached hydrogens (primary N) is 1. The van der Waals surface area contributed by atoms with Gasteiger partial charge in [-0.1, -0.05) is 29.8 Å². The molecule has 0 saturated heterocycles. The second-order valence-corrected chi connectivity index (χ2v) is 5.03. The molecule has 0 aromatic heterocycles. The lowest BCUT2D eigenvalue weighted by Gasteiger charge is -2.30. The highest BCUT2D eigenvalue weighted by atomic mass is 35.5. The van der Waals surface area contributed by atoms with Crippen LogP contribution in [-0.2, 0) is 11.3 Å². The first kappa shape index (κ1) is 12.8. The summed E-state index contributed by atoms with van der Waals surface area (Å²) >= 11 is 5.98. The fraction of sp³-hybridized carbons (Fsp3) is 0.133. The van der Waals surface area contributed by atoms with Crippen LogP contribution in [0.2, 0.25) is 5.02 Å². The number of para-hydroxylation sites is 1. The second-order valence-electron chi connectivity index (χ2n) is 4.59. The fourth-order valence-corrected chi connectivity index (χ4v) is 2.46. The minimum Gasteiger partial charge on any atom is -0.479 e. The first-order valence-electron chi connectivity index (χ1n) is 6.21. The molecule has 4 nitrogen and oxygen atoms in total. The first-order valence-corrected chi connectivity index (χ1v) is 6.59. The number of nitrogens with zero attached hydrogens (tertiary/aromatic N) is 1. The Bertz CT molecular complexity index is 673. The quantitative estimate of drug-likeness (QED) is 0.865. The van der Waals surface area contributed by atoms with Crippen LogP contribution in [0.15, 0.2) is 42.5 Å². The smallest absolute Gasteiger partial charge is 0.265 e. The molecule has 20 heavy (non-hydrogen) atoms. The molecule has 2 N–H and O–H groups in total. The van der Waals surface area contributed by atoms with Crippen molar-refractivity contribution in [2.75, 3.05) is 17.2 Å². The van der Waals surface area contributed by atoms with E-state index in [0.29, 0.717) is 28.7 Å². The van der Waals surface area contributed by atoms with Gasteiger partial charge in [0.1, 0.15) is 0 Å². The molecule has 1 amide bonds. The summed E-state index contributed by atoms with van der Waals surface area (Å²) in [5.74, 6) is 0.470. The van der Waals surface area contributed by atoms with Crippen LogP contribution >= 0.6 is 11.6 Å². The van der Waals surface area contributed by atoms with Crippen molar-refractivity contribution in [1.82, 2.24) is 0 Å². The third-order valence-electron chi connectivity index (χ3n) is 3.19. The van der Waals surface area contributed by atoms with Crippen molar-refractivity contribution >= 4 is 28.9 Å². The first-order chi connectivity index (χ1) is 9.65. The van der Waals surface area contributed by atoms with Gasteiger partial charge in [-0.2, -0.15) is 0 Å². The molecule has 0 aliphatic carbocycles. The summed E-state index contributed by atoms with van der Waals surface area (Å²) in [4.78, 5) is 13.8. The van der Waals surface area contributed by atoms with Crippen molar-refractivity contribution in [2.24, 2.45) is 0 Å². The zero-order valence-corrected chi connectivity index (χ0v) is 11.4. The SMILES string of the molecule is Nc1cccc2c1OCC(=O)N2Cc1cccc(Cl)c1. The number of hydrogen-bond acceptors (Lipinski definition) is 3. The molecule has 1 aliphatic heterocycles. The number of halogens is 1. The number of hydrogen-bond donors (Lipinski definition) is 1. The van der Waals surface area contributed by atoms with Crippen molar-refractivity contribution < 1.29 is 9.53 Å². The van der Waals surface area contributed by atoms with E-state index in [0.717, 1.165) is 5.56 Å². The summed E-state index contributed by atoms with van der Waals surface area (Å²) in [6, 6.07) is 12.8. The van der Waals surface area contributed by atoms with Gasteiger partial charge >= 0.3 is 0 Å². The van der Waals surface area contributed by atoms with Crippen LogP contribution in [0.5, 0.6) is 5.75 Å². The van der Waals surface area contributed by atoms with Gasteiger partial charge in [0.15, 0.2) is 12.4 Å². The van der Waals surface area contributed by atoms with Gasteiger partial charge in [-0.15, -0.1) is 0 Å². The molecule has 0 fully saturated rings. The molecule has 0 unspecified atom stereocenters. The summed E-state index contributed by atoms with van der Waals surface area (Å²) in [5.41, 5.74) is 8.07. The maximum atomic E-state index is 12.1. The summed E-state index contributed by atoms with van der Waals surface area (Å²) in [5, 5.41) is 0.649. The largest absolute Gasteiger partial charge is 0.479 e. The van der Waals surface area contributed by atoms with Gasteiger partial charge < -0.3 is 15.4 Å². The lowest BCUT2D eigenvalue weighted by Crippen LogP contribution is -2.38. The zero-order chi connectivity index (χ0) is 14.1. The Morgan fingerprint density at radius 3 is 2.85 bits per heavy atom. The second kappa shape index (κ2) is 5.06. The zero-order valence-electron chi connectivity index (χ0n) is 10.7. The maximum Gasteiger partial charge on any atom is 0.265 e. The number of rotatable bonds is 2. The number of anilines is 2. The van der Waals surface area contributed by atoms with Crippen LogP contribution in [0.4, 0.5) is 11.4 Å². The number of ether oxygens (including phenoxy) is 1. The molecule has 0 spiro atoms. The van der Waals surface area contributed by atoms with E-state index in [9.17, 15) is 4.79 Å². The molecule has 5 heteroatoms. The van der Waals surface area contributed by atoms with Crippen molar-refractivity contribution in [3.63, 3.8) is 0 Å². The van der Waals surface area contributed by atoms with E-state index in [1.165, 1.54) is 0 Å². The molecule has 0 radical (unpaired) electrons. The van der Waals surface area contributed by atoms with E-state index in [1.54, 1.807) is 23.1 Å². The number of fused-ring (bicyclic) bond motifs is 1. The fourth-order valence-electron chi connectivity index (χ4n) is 2.25. The van der Waals surface area contributed by atoms with Crippen LogP contribution in [-0.4, -0.2) is 12.5 Å². The number of benzene rings is 2. The minimum absolute atomic E-state index is 0.00176. The Labute approximate surface area is 121 Å². The molecule has 1 aliphatic rings. The molecule has 1 heterocycles. The molecule has 2 aromatic rings. The Morgan fingerprint density at radius 2 is 2.05 bits per heavy atom. The topological polar surface area (TPSA) is 55.6 Å².